The maximum atomic E-state index is 13.3. The van der Waals surface area contributed by atoms with Crippen LogP contribution in [0.4, 0.5) is 4.39 Å². The molecule has 0 aliphatic rings. The van der Waals surface area contributed by atoms with E-state index < -0.39 is 20.8 Å². The Balaban J connectivity index is 3.41. The third-order valence-electron chi connectivity index (χ3n) is 2.66. The van der Waals surface area contributed by atoms with Crippen molar-refractivity contribution in [3.05, 3.63) is 29.6 Å². The molecule has 19 heavy (non-hydrogen) atoms. The molecule has 0 atom stereocenters. The van der Waals surface area contributed by atoms with E-state index in [9.17, 15) is 17.6 Å². The minimum atomic E-state index is -4.10. The van der Waals surface area contributed by atoms with Gasteiger partial charge in [-0.3, -0.25) is 4.79 Å². The van der Waals surface area contributed by atoms with E-state index >= 15 is 0 Å². The molecule has 0 saturated heterocycles. The molecule has 1 rings (SSSR count). The molecule has 1 aromatic carbocycles. The van der Waals surface area contributed by atoms with Crippen LogP contribution in [0.25, 0.3) is 0 Å². The minimum Gasteiger partial charge on any atom is -0.336 e. The molecule has 0 N–H and O–H groups in total. The number of hydrogen-bond donors (Lipinski definition) is 0. The van der Waals surface area contributed by atoms with Gasteiger partial charge in [-0.25, -0.2) is 12.8 Å². The fraction of sp³-hybridized carbons (Fsp3) is 0.417. The maximum absolute atomic E-state index is 13.3. The predicted molar refractivity (Wildman–Crippen MR) is 71.3 cm³/mol. The highest BCUT2D eigenvalue weighted by Gasteiger charge is 2.25. The van der Waals surface area contributed by atoms with Crippen LogP contribution in [0, 0.1) is 5.82 Å². The molecule has 4 nitrogen and oxygen atoms in total. The van der Waals surface area contributed by atoms with E-state index in [1.54, 1.807) is 20.8 Å². The molecule has 0 radical (unpaired) electrons. The van der Waals surface area contributed by atoms with Crippen LogP contribution in [-0.4, -0.2) is 31.8 Å². The summed E-state index contributed by atoms with van der Waals surface area (Å²) >= 11 is 0. The fourth-order valence-electron chi connectivity index (χ4n) is 1.78. The Bertz CT molecular complexity index is 587. The van der Waals surface area contributed by atoms with Gasteiger partial charge in [0.25, 0.3) is 15.0 Å². The highest BCUT2D eigenvalue weighted by Crippen LogP contribution is 2.23. The zero-order valence-electron chi connectivity index (χ0n) is 10.9. The molecule has 1 aromatic rings. The smallest absolute Gasteiger partial charge is 0.262 e. The van der Waals surface area contributed by atoms with Crippen molar-refractivity contribution in [3.63, 3.8) is 0 Å². The van der Waals surface area contributed by atoms with Gasteiger partial charge in [-0.1, -0.05) is 0 Å². The summed E-state index contributed by atoms with van der Waals surface area (Å²) in [6.07, 6.45) is 0. The van der Waals surface area contributed by atoms with Crippen LogP contribution >= 0.6 is 10.7 Å². The lowest BCUT2D eigenvalue weighted by Crippen LogP contribution is -2.37. The first-order valence-electron chi connectivity index (χ1n) is 5.73. The SMILES string of the molecule is CCN(C(=O)c1cc(F)ccc1S(=O)(=O)Cl)C(C)C. The van der Waals surface area contributed by atoms with E-state index in [2.05, 4.69) is 0 Å². The third-order valence-corrected chi connectivity index (χ3v) is 4.04. The summed E-state index contributed by atoms with van der Waals surface area (Å²) in [6.45, 7) is 5.71. The van der Waals surface area contributed by atoms with Gasteiger partial charge in [0.1, 0.15) is 5.82 Å². The lowest BCUT2D eigenvalue weighted by Gasteiger charge is -2.25. The van der Waals surface area contributed by atoms with Crippen molar-refractivity contribution in [1.82, 2.24) is 4.90 Å². The number of amides is 1. The molecular formula is C12H15ClFNO3S. The second kappa shape index (κ2) is 5.88. The Morgan fingerprint density at radius 1 is 1.42 bits per heavy atom. The summed E-state index contributed by atoms with van der Waals surface area (Å²) in [5.41, 5.74) is -0.245. The molecule has 0 spiro atoms. The van der Waals surface area contributed by atoms with Gasteiger partial charge < -0.3 is 4.90 Å². The number of benzene rings is 1. The van der Waals surface area contributed by atoms with Gasteiger partial charge in [0, 0.05) is 23.3 Å². The lowest BCUT2D eigenvalue weighted by atomic mass is 10.1. The molecule has 0 fully saturated rings. The second-order valence-corrected chi connectivity index (χ2v) is 6.80. The standard InChI is InChI=1S/C12H15ClFNO3S/c1-4-15(8(2)3)12(16)10-7-9(14)5-6-11(10)19(13,17)18/h5-8H,4H2,1-3H3. The largest absolute Gasteiger partial charge is 0.336 e. The summed E-state index contributed by atoms with van der Waals surface area (Å²) < 4.78 is 36.1. The number of rotatable bonds is 4. The summed E-state index contributed by atoms with van der Waals surface area (Å²) in [5, 5.41) is 0. The molecular weight excluding hydrogens is 293 g/mol. The number of nitrogens with zero attached hydrogens (tertiary/aromatic N) is 1. The van der Waals surface area contributed by atoms with Crippen molar-refractivity contribution in [3.8, 4) is 0 Å². The van der Waals surface area contributed by atoms with Gasteiger partial charge in [-0.15, -0.1) is 0 Å². The summed E-state index contributed by atoms with van der Waals surface area (Å²) in [6, 6.07) is 2.71. The van der Waals surface area contributed by atoms with Crippen LogP contribution in [0.15, 0.2) is 23.1 Å². The molecule has 0 heterocycles. The Hall–Kier alpha value is -1.14. The highest BCUT2D eigenvalue weighted by molar-refractivity contribution is 8.13. The first-order valence-corrected chi connectivity index (χ1v) is 8.04. The predicted octanol–water partition coefficient (Wildman–Crippen LogP) is 2.62. The van der Waals surface area contributed by atoms with Gasteiger partial charge in [0.05, 0.1) is 10.5 Å². The molecule has 0 aliphatic carbocycles. The molecule has 0 aromatic heterocycles. The number of hydrogen-bond acceptors (Lipinski definition) is 3. The van der Waals surface area contributed by atoms with Crippen molar-refractivity contribution in [2.45, 2.75) is 31.7 Å². The molecule has 0 aliphatic heterocycles. The Labute approximate surface area is 116 Å². The van der Waals surface area contributed by atoms with Gasteiger partial charge in [0.15, 0.2) is 0 Å². The zero-order valence-corrected chi connectivity index (χ0v) is 12.4. The first kappa shape index (κ1) is 15.9. The van der Waals surface area contributed by atoms with E-state index in [-0.39, 0.29) is 16.5 Å². The van der Waals surface area contributed by atoms with E-state index in [0.717, 1.165) is 18.2 Å². The fourth-order valence-corrected chi connectivity index (χ4v) is 2.82. The minimum absolute atomic E-state index is 0.133. The maximum Gasteiger partial charge on any atom is 0.262 e. The van der Waals surface area contributed by atoms with Gasteiger partial charge >= 0.3 is 0 Å². The summed E-state index contributed by atoms with van der Waals surface area (Å²) in [7, 11) is 1.16. The first-order chi connectivity index (χ1) is 8.68. The summed E-state index contributed by atoms with van der Waals surface area (Å²) in [4.78, 5) is 13.3. The van der Waals surface area contributed by atoms with E-state index in [1.807, 2.05) is 0 Å². The second-order valence-electron chi connectivity index (χ2n) is 4.26. The highest BCUT2D eigenvalue weighted by atomic mass is 35.7. The van der Waals surface area contributed by atoms with Crippen molar-refractivity contribution in [2.24, 2.45) is 0 Å². The van der Waals surface area contributed by atoms with Crippen LogP contribution in [0.1, 0.15) is 31.1 Å². The van der Waals surface area contributed by atoms with Crippen molar-refractivity contribution < 1.29 is 17.6 Å². The van der Waals surface area contributed by atoms with E-state index in [0.29, 0.717) is 6.54 Å². The number of halogens is 2. The van der Waals surface area contributed by atoms with Crippen molar-refractivity contribution in [1.29, 1.82) is 0 Å². The van der Waals surface area contributed by atoms with Crippen LogP contribution in [-0.2, 0) is 9.05 Å². The molecule has 0 saturated carbocycles. The van der Waals surface area contributed by atoms with E-state index in [4.69, 9.17) is 10.7 Å². The van der Waals surface area contributed by atoms with Crippen molar-refractivity contribution in [2.75, 3.05) is 6.54 Å². The number of carbonyl (C=O) groups excluding carboxylic acids is 1. The van der Waals surface area contributed by atoms with E-state index in [1.165, 1.54) is 4.90 Å². The monoisotopic (exact) mass is 307 g/mol. The zero-order chi connectivity index (χ0) is 14.8. The summed E-state index contributed by atoms with van der Waals surface area (Å²) in [5.74, 6) is -1.25. The van der Waals surface area contributed by atoms with Crippen LogP contribution < -0.4 is 0 Å². The molecule has 106 valence electrons. The van der Waals surface area contributed by atoms with Gasteiger partial charge in [-0.05, 0) is 39.0 Å². The topological polar surface area (TPSA) is 54.5 Å². The average Bonchev–Trinajstić information content (AvgIpc) is 2.27. The normalized spacial score (nSPS) is 11.7. The third kappa shape index (κ3) is 3.67. The van der Waals surface area contributed by atoms with Crippen LogP contribution in [0.2, 0.25) is 0 Å². The Morgan fingerprint density at radius 3 is 2.42 bits per heavy atom. The van der Waals surface area contributed by atoms with Gasteiger partial charge in [-0.2, -0.15) is 0 Å². The Morgan fingerprint density at radius 2 is 2.00 bits per heavy atom. The molecule has 1 amide bonds. The van der Waals surface area contributed by atoms with Gasteiger partial charge in [0.2, 0.25) is 0 Å². The van der Waals surface area contributed by atoms with Crippen molar-refractivity contribution >= 4 is 25.6 Å². The molecule has 0 bridgehead atoms. The molecule has 7 heteroatoms. The Kier molecular flexibility index (Phi) is 4.92. The quantitative estimate of drug-likeness (QED) is 0.804. The number of carbonyl (C=O) groups is 1. The van der Waals surface area contributed by atoms with Crippen LogP contribution in [0.5, 0.6) is 0 Å². The average molecular weight is 308 g/mol. The molecule has 0 unspecified atom stereocenters. The van der Waals surface area contributed by atoms with Crippen LogP contribution in [0.3, 0.4) is 0 Å². The lowest BCUT2D eigenvalue weighted by molar-refractivity contribution is 0.0712.